The molecule has 4 atom stereocenters. The number of hydrogen-bond acceptors (Lipinski definition) is 2. The van der Waals surface area contributed by atoms with Gasteiger partial charge in [-0.15, -0.1) is 0 Å². The van der Waals surface area contributed by atoms with Gasteiger partial charge in [-0.2, -0.15) is 0 Å². The summed E-state index contributed by atoms with van der Waals surface area (Å²) in [7, 11) is 0. The van der Waals surface area contributed by atoms with Crippen LogP contribution >= 0.6 is 0 Å². The number of rotatable bonds is 0. The minimum Gasteiger partial charge on any atom is -0.299 e. The van der Waals surface area contributed by atoms with Crippen molar-refractivity contribution in [3.63, 3.8) is 0 Å². The Morgan fingerprint density at radius 1 is 0.957 bits per heavy atom. The molecule has 2 heteroatoms. The molecule has 120 valence electrons. The topological polar surface area (TPSA) is 34.1 Å². The monoisotopic (exact) mass is 308 g/mol. The molecule has 0 aromatic heterocycles. The Bertz CT molecular complexity index is 732. The van der Waals surface area contributed by atoms with Crippen molar-refractivity contribution in [3.8, 4) is 0 Å². The molecule has 0 N–H and O–H groups in total. The summed E-state index contributed by atoms with van der Waals surface area (Å²) in [4.78, 5) is 24.5. The van der Waals surface area contributed by atoms with Gasteiger partial charge in [0.15, 0.2) is 5.78 Å². The first-order valence-corrected chi connectivity index (χ1v) is 9.30. The van der Waals surface area contributed by atoms with Gasteiger partial charge in [0, 0.05) is 23.8 Å². The number of Topliss-reactive ketones (excluding diaryl/α,β-unsaturated/α-hetero) is 2. The van der Waals surface area contributed by atoms with Gasteiger partial charge in [-0.25, -0.2) is 0 Å². The Kier molecular flexibility index (Phi) is 2.76. The van der Waals surface area contributed by atoms with Crippen LogP contribution < -0.4 is 0 Å². The van der Waals surface area contributed by atoms with Gasteiger partial charge in [-0.3, -0.25) is 9.59 Å². The second-order valence-corrected chi connectivity index (χ2v) is 8.46. The Morgan fingerprint density at radius 2 is 1.83 bits per heavy atom. The van der Waals surface area contributed by atoms with E-state index in [4.69, 9.17) is 0 Å². The lowest BCUT2D eigenvalue weighted by Gasteiger charge is -2.48. The smallest absolute Gasteiger partial charge is 0.163 e. The number of carbonyl (C=O) groups excluding carboxylic acids is 2. The SMILES string of the molecule is C[C@]12CC[C@@H]3c4cc5c(cc4CC[C@H]3[C@@H]1CCC2=O)CCC5=O. The lowest BCUT2D eigenvalue weighted by atomic mass is 9.55. The van der Waals surface area contributed by atoms with Gasteiger partial charge in [0.1, 0.15) is 5.78 Å². The van der Waals surface area contributed by atoms with Crippen molar-refractivity contribution in [1.29, 1.82) is 0 Å². The van der Waals surface area contributed by atoms with E-state index >= 15 is 0 Å². The van der Waals surface area contributed by atoms with Crippen LogP contribution in [0, 0.1) is 17.3 Å². The summed E-state index contributed by atoms with van der Waals surface area (Å²) >= 11 is 0. The van der Waals surface area contributed by atoms with E-state index in [0.717, 1.165) is 44.1 Å². The molecule has 4 aliphatic carbocycles. The molecule has 0 bridgehead atoms. The largest absolute Gasteiger partial charge is 0.299 e. The minimum atomic E-state index is -0.0504. The normalized spacial score (nSPS) is 38.0. The van der Waals surface area contributed by atoms with E-state index in [1.807, 2.05) is 0 Å². The molecule has 4 aliphatic rings. The van der Waals surface area contributed by atoms with Gasteiger partial charge in [-0.05, 0) is 79.0 Å². The average Bonchev–Trinajstić information content (AvgIpc) is 3.06. The van der Waals surface area contributed by atoms with Crippen LogP contribution in [-0.4, -0.2) is 11.6 Å². The fraction of sp³-hybridized carbons (Fsp3) is 0.619. The Labute approximate surface area is 137 Å². The summed E-state index contributed by atoms with van der Waals surface area (Å²) in [5.74, 6) is 2.66. The summed E-state index contributed by atoms with van der Waals surface area (Å²) in [5, 5.41) is 0. The summed E-state index contributed by atoms with van der Waals surface area (Å²) in [6.07, 6.45) is 8.06. The van der Waals surface area contributed by atoms with E-state index < -0.39 is 0 Å². The van der Waals surface area contributed by atoms with E-state index in [1.54, 1.807) is 0 Å². The summed E-state index contributed by atoms with van der Waals surface area (Å²) in [6, 6.07) is 4.58. The van der Waals surface area contributed by atoms with Crippen molar-refractivity contribution < 1.29 is 9.59 Å². The van der Waals surface area contributed by atoms with Crippen LogP contribution in [0.4, 0.5) is 0 Å². The van der Waals surface area contributed by atoms with Gasteiger partial charge in [0.2, 0.25) is 0 Å². The maximum atomic E-state index is 12.4. The molecule has 1 aromatic rings. The highest BCUT2D eigenvalue weighted by molar-refractivity contribution is 6.00. The first-order chi connectivity index (χ1) is 11.1. The first-order valence-electron chi connectivity index (χ1n) is 9.30. The highest BCUT2D eigenvalue weighted by Gasteiger charge is 2.54. The van der Waals surface area contributed by atoms with E-state index in [0.29, 0.717) is 35.7 Å². The predicted molar refractivity (Wildman–Crippen MR) is 88.7 cm³/mol. The highest BCUT2D eigenvalue weighted by Crippen LogP contribution is 2.59. The fourth-order valence-corrected chi connectivity index (χ4v) is 6.29. The molecular weight excluding hydrogens is 284 g/mol. The fourth-order valence-electron chi connectivity index (χ4n) is 6.29. The van der Waals surface area contributed by atoms with Gasteiger partial charge >= 0.3 is 0 Å². The molecule has 0 spiro atoms. The van der Waals surface area contributed by atoms with Crippen LogP contribution in [0.25, 0.3) is 0 Å². The molecule has 23 heavy (non-hydrogen) atoms. The molecule has 0 heterocycles. The van der Waals surface area contributed by atoms with Crippen molar-refractivity contribution in [2.75, 3.05) is 0 Å². The molecule has 0 radical (unpaired) electrons. The van der Waals surface area contributed by atoms with Crippen molar-refractivity contribution in [3.05, 3.63) is 34.4 Å². The molecule has 0 unspecified atom stereocenters. The Balaban J connectivity index is 1.57. The van der Waals surface area contributed by atoms with Gasteiger partial charge in [0.25, 0.3) is 0 Å². The van der Waals surface area contributed by atoms with Gasteiger partial charge < -0.3 is 0 Å². The summed E-state index contributed by atoms with van der Waals surface area (Å²) in [6.45, 7) is 2.23. The van der Waals surface area contributed by atoms with E-state index in [2.05, 4.69) is 19.1 Å². The molecule has 5 rings (SSSR count). The molecule has 1 aromatic carbocycles. The van der Waals surface area contributed by atoms with Crippen molar-refractivity contribution in [1.82, 2.24) is 0 Å². The lowest BCUT2D eigenvalue weighted by Crippen LogP contribution is -2.42. The van der Waals surface area contributed by atoms with Gasteiger partial charge in [-0.1, -0.05) is 13.0 Å². The number of carbonyl (C=O) groups is 2. The van der Waals surface area contributed by atoms with E-state index in [1.165, 1.54) is 23.1 Å². The number of ketones is 2. The van der Waals surface area contributed by atoms with Gasteiger partial charge in [0.05, 0.1) is 0 Å². The third-order valence-electron chi connectivity index (χ3n) is 7.58. The predicted octanol–water partition coefficient (Wildman–Crippen LogP) is 4.24. The number of fused-ring (bicyclic) bond motifs is 6. The second-order valence-electron chi connectivity index (χ2n) is 8.46. The average molecular weight is 308 g/mol. The highest BCUT2D eigenvalue weighted by atomic mass is 16.1. The molecule has 2 fully saturated rings. The van der Waals surface area contributed by atoms with Crippen LogP contribution in [-0.2, 0) is 17.6 Å². The third-order valence-corrected chi connectivity index (χ3v) is 7.58. The number of benzene rings is 1. The molecule has 0 amide bonds. The number of hydrogen-bond donors (Lipinski definition) is 0. The molecule has 2 nitrogen and oxygen atoms in total. The molecule has 0 saturated heterocycles. The maximum Gasteiger partial charge on any atom is 0.163 e. The van der Waals surface area contributed by atoms with Crippen LogP contribution in [0.5, 0.6) is 0 Å². The zero-order valence-corrected chi connectivity index (χ0v) is 13.9. The van der Waals surface area contributed by atoms with Crippen molar-refractivity contribution >= 4 is 11.6 Å². The Morgan fingerprint density at radius 3 is 2.70 bits per heavy atom. The molecule has 2 saturated carbocycles. The Hall–Kier alpha value is -1.44. The second kappa shape index (κ2) is 4.55. The van der Waals surface area contributed by atoms with Crippen LogP contribution in [0.2, 0.25) is 0 Å². The van der Waals surface area contributed by atoms with Crippen molar-refractivity contribution in [2.24, 2.45) is 17.3 Å². The first kappa shape index (κ1) is 13.9. The summed E-state index contributed by atoms with van der Waals surface area (Å²) < 4.78 is 0. The van der Waals surface area contributed by atoms with Crippen LogP contribution in [0.15, 0.2) is 12.1 Å². The minimum absolute atomic E-state index is 0.0504. The zero-order valence-electron chi connectivity index (χ0n) is 13.9. The quantitative estimate of drug-likeness (QED) is 0.718. The standard InChI is InChI=1S/C21H24O2/c1-21-9-8-14-15(18(21)5-7-20(21)23)4-2-12-10-13-3-6-19(22)17(13)11-16(12)14/h10-11,14-15,18H,2-9H2,1H3/t14-,15+,18-,21-/m0/s1. The lowest BCUT2D eigenvalue weighted by molar-refractivity contribution is -0.129. The van der Waals surface area contributed by atoms with E-state index in [-0.39, 0.29) is 5.41 Å². The number of aryl methyl sites for hydroxylation is 2. The third kappa shape index (κ3) is 1.75. The van der Waals surface area contributed by atoms with Crippen molar-refractivity contribution in [2.45, 2.75) is 64.2 Å². The maximum absolute atomic E-state index is 12.4. The molecular formula is C21H24O2. The molecule has 0 aliphatic heterocycles. The van der Waals surface area contributed by atoms with Crippen LogP contribution in [0.1, 0.15) is 78.4 Å². The summed E-state index contributed by atoms with van der Waals surface area (Å²) in [5.41, 5.74) is 5.18. The van der Waals surface area contributed by atoms with E-state index in [9.17, 15) is 9.59 Å². The van der Waals surface area contributed by atoms with Crippen LogP contribution in [0.3, 0.4) is 0 Å². The zero-order chi connectivity index (χ0) is 15.8.